The van der Waals surface area contributed by atoms with Crippen molar-refractivity contribution in [2.45, 2.75) is 38.1 Å². The number of nitrogens with one attached hydrogen (secondary N) is 2. The Hall–Kier alpha value is -2.63. The number of carboxylic acids is 1. The molecule has 2 amide bonds. The summed E-state index contributed by atoms with van der Waals surface area (Å²) in [5.41, 5.74) is 1.90. The standard InChI is InChI=1S/C19H23N3O3/c23-18(24)14-6-9-15(10-7-14)22-19(25)20-12-11-16-8-5-13-3-1-2-4-17(13)21-16/h1-5,8,14-15H,6-7,9-12H2,(H,23,24)(H2,20,22,25). The fourth-order valence-electron chi connectivity index (χ4n) is 3.27. The number of aromatic nitrogens is 1. The Labute approximate surface area is 146 Å². The number of aliphatic carboxylic acids is 1. The lowest BCUT2D eigenvalue weighted by Gasteiger charge is -2.26. The number of pyridine rings is 1. The minimum Gasteiger partial charge on any atom is -0.481 e. The summed E-state index contributed by atoms with van der Waals surface area (Å²) in [5.74, 6) is -0.995. The number of para-hydroxylation sites is 1. The number of carboxylic acid groups (broad SMARTS) is 1. The zero-order chi connectivity index (χ0) is 17.6. The molecule has 1 fully saturated rings. The van der Waals surface area contributed by atoms with E-state index in [2.05, 4.69) is 15.6 Å². The number of urea groups is 1. The first-order chi connectivity index (χ1) is 12.1. The molecule has 0 saturated heterocycles. The van der Waals surface area contributed by atoms with Crippen molar-refractivity contribution in [1.29, 1.82) is 0 Å². The molecule has 0 aliphatic heterocycles. The third kappa shape index (κ3) is 4.68. The predicted molar refractivity (Wildman–Crippen MR) is 95.4 cm³/mol. The number of hydrogen-bond acceptors (Lipinski definition) is 3. The van der Waals surface area contributed by atoms with Crippen molar-refractivity contribution in [3.05, 3.63) is 42.1 Å². The van der Waals surface area contributed by atoms with E-state index in [4.69, 9.17) is 5.11 Å². The zero-order valence-electron chi connectivity index (χ0n) is 14.1. The molecule has 1 saturated carbocycles. The highest BCUT2D eigenvalue weighted by molar-refractivity contribution is 5.78. The lowest BCUT2D eigenvalue weighted by atomic mass is 9.86. The van der Waals surface area contributed by atoms with Crippen molar-refractivity contribution < 1.29 is 14.7 Å². The molecule has 0 bridgehead atoms. The van der Waals surface area contributed by atoms with E-state index in [1.165, 1.54) is 0 Å². The highest BCUT2D eigenvalue weighted by atomic mass is 16.4. The fourth-order valence-corrected chi connectivity index (χ4v) is 3.27. The van der Waals surface area contributed by atoms with E-state index in [1.54, 1.807) is 0 Å². The average molecular weight is 341 g/mol. The summed E-state index contributed by atoms with van der Waals surface area (Å²) in [6.45, 7) is 0.516. The van der Waals surface area contributed by atoms with E-state index >= 15 is 0 Å². The molecule has 1 aliphatic rings. The number of carbonyl (C=O) groups excluding carboxylic acids is 1. The number of hydrogen-bond donors (Lipinski definition) is 3. The lowest BCUT2D eigenvalue weighted by molar-refractivity contribution is -0.142. The first-order valence-electron chi connectivity index (χ1n) is 8.73. The minimum atomic E-state index is -0.731. The third-order valence-electron chi connectivity index (χ3n) is 4.73. The summed E-state index contributed by atoms with van der Waals surface area (Å²) in [6, 6.07) is 11.8. The lowest BCUT2D eigenvalue weighted by Crippen LogP contribution is -2.44. The van der Waals surface area contributed by atoms with Crippen molar-refractivity contribution in [2.24, 2.45) is 5.92 Å². The van der Waals surface area contributed by atoms with E-state index in [9.17, 15) is 9.59 Å². The summed E-state index contributed by atoms with van der Waals surface area (Å²) < 4.78 is 0. The van der Waals surface area contributed by atoms with Gasteiger partial charge in [-0.25, -0.2) is 4.79 Å². The molecule has 1 heterocycles. The van der Waals surface area contributed by atoms with Crippen LogP contribution in [0.4, 0.5) is 4.79 Å². The summed E-state index contributed by atoms with van der Waals surface area (Å²) in [7, 11) is 0. The summed E-state index contributed by atoms with van der Waals surface area (Å²) in [5, 5.41) is 15.9. The molecular formula is C19H23N3O3. The van der Waals surface area contributed by atoms with Crippen molar-refractivity contribution in [3.63, 3.8) is 0 Å². The molecule has 0 radical (unpaired) electrons. The molecule has 2 aromatic rings. The van der Waals surface area contributed by atoms with E-state index in [-0.39, 0.29) is 18.0 Å². The second kappa shape index (κ2) is 7.96. The van der Waals surface area contributed by atoms with Crippen molar-refractivity contribution in [1.82, 2.24) is 15.6 Å². The molecule has 0 atom stereocenters. The normalized spacial score (nSPS) is 20.2. The van der Waals surface area contributed by atoms with Crippen LogP contribution < -0.4 is 10.6 Å². The summed E-state index contributed by atoms with van der Waals surface area (Å²) in [4.78, 5) is 27.5. The van der Waals surface area contributed by atoms with Gasteiger partial charge in [-0.15, -0.1) is 0 Å². The monoisotopic (exact) mass is 341 g/mol. The van der Waals surface area contributed by atoms with Crippen LogP contribution in [0.5, 0.6) is 0 Å². The number of nitrogens with zero attached hydrogens (tertiary/aromatic N) is 1. The molecule has 3 rings (SSSR count). The van der Waals surface area contributed by atoms with Gasteiger partial charge in [0.2, 0.25) is 0 Å². The van der Waals surface area contributed by atoms with Crippen LogP contribution in [0.3, 0.4) is 0 Å². The fraction of sp³-hybridized carbons (Fsp3) is 0.421. The van der Waals surface area contributed by atoms with E-state index in [0.29, 0.717) is 25.8 Å². The van der Waals surface area contributed by atoms with E-state index in [1.807, 2.05) is 36.4 Å². The van der Waals surface area contributed by atoms with Crippen molar-refractivity contribution in [3.8, 4) is 0 Å². The number of benzene rings is 1. The van der Waals surface area contributed by atoms with Crippen LogP contribution in [0.15, 0.2) is 36.4 Å². The summed E-state index contributed by atoms with van der Waals surface area (Å²) >= 11 is 0. The van der Waals surface area contributed by atoms with Crippen LogP contribution in [0.2, 0.25) is 0 Å². The van der Waals surface area contributed by atoms with Crippen LogP contribution in [-0.4, -0.2) is 34.7 Å². The molecule has 3 N–H and O–H groups in total. The maximum atomic E-state index is 12.0. The Balaban J connectivity index is 1.41. The van der Waals surface area contributed by atoms with Gasteiger partial charge in [0.15, 0.2) is 0 Å². The largest absolute Gasteiger partial charge is 0.481 e. The molecular weight excluding hydrogens is 318 g/mol. The van der Waals surface area contributed by atoms with Gasteiger partial charge < -0.3 is 15.7 Å². The van der Waals surface area contributed by atoms with Gasteiger partial charge >= 0.3 is 12.0 Å². The van der Waals surface area contributed by atoms with Crippen LogP contribution in [0.1, 0.15) is 31.4 Å². The average Bonchev–Trinajstić information content (AvgIpc) is 2.62. The van der Waals surface area contributed by atoms with E-state index in [0.717, 1.165) is 29.4 Å². The van der Waals surface area contributed by atoms with Crippen LogP contribution in [-0.2, 0) is 11.2 Å². The molecule has 1 aliphatic carbocycles. The Kier molecular flexibility index (Phi) is 5.48. The summed E-state index contributed by atoms with van der Waals surface area (Å²) in [6.07, 6.45) is 3.36. The Morgan fingerprint density at radius 2 is 1.84 bits per heavy atom. The second-order valence-electron chi connectivity index (χ2n) is 6.53. The first kappa shape index (κ1) is 17.2. The van der Waals surface area contributed by atoms with Crippen LogP contribution in [0, 0.1) is 5.92 Å². The molecule has 6 nitrogen and oxygen atoms in total. The maximum absolute atomic E-state index is 12.0. The Morgan fingerprint density at radius 1 is 1.08 bits per heavy atom. The number of fused-ring (bicyclic) bond motifs is 1. The molecule has 25 heavy (non-hydrogen) atoms. The quantitative estimate of drug-likeness (QED) is 0.780. The van der Waals surface area contributed by atoms with Crippen LogP contribution >= 0.6 is 0 Å². The van der Waals surface area contributed by atoms with Gasteiger partial charge in [0.1, 0.15) is 0 Å². The number of amides is 2. The topological polar surface area (TPSA) is 91.3 Å². The van der Waals surface area contributed by atoms with Gasteiger partial charge in [0.05, 0.1) is 11.4 Å². The second-order valence-corrected chi connectivity index (χ2v) is 6.53. The Morgan fingerprint density at radius 3 is 2.60 bits per heavy atom. The molecule has 0 unspecified atom stereocenters. The predicted octanol–water partition coefficient (Wildman–Crippen LogP) is 2.72. The van der Waals surface area contributed by atoms with Gasteiger partial charge in [0, 0.05) is 30.1 Å². The highest BCUT2D eigenvalue weighted by Crippen LogP contribution is 2.24. The zero-order valence-corrected chi connectivity index (χ0v) is 14.1. The van der Waals surface area contributed by atoms with Crippen molar-refractivity contribution in [2.75, 3.05) is 6.54 Å². The van der Waals surface area contributed by atoms with Gasteiger partial charge in [-0.1, -0.05) is 24.3 Å². The molecule has 1 aromatic carbocycles. The maximum Gasteiger partial charge on any atom is 0.315 e. The van der Waals surface area contributed by atoms with Crippen LogP contribution in [0.25, 0.3) is 10.9 Å². The molecule has 0 spiro atoms. The third-order valence-corrected chi connectivity index (χ3v) is 4.73. The molecule has 132 valence electrons. The van der Waals surface area contributed by atoms with Crippen molar-refractivity contribution >= 4 is 22.9 Å². The van der Waals surface area contributed by atoms with Gasteiger partial charge in [-0.05, 0) is 37.8 Å². The van der Waals surface area contributed by atoms with Gasteiger partial charge in [-0.2, -0.15) is 0 Å². The SMILES string of the molecule is O=C(NCCc1ccc2ccccc2n1)NC1CCC(C(=O)O)CC1. The number of rotatable bonds is 5. The molecule has 6 heteroatoms. The Bertz CT molecular complexity index is 754. The minimum absolute atomic E-state index is 0.0643. The van der Waals surface area contributed by atoms with E-state index < -0.39 is 5.97 Å². The number of carbonyl (C=O) groups is 2. The highest BCUT2D eigenvalue weighted by Gasteiger charge is 2.26. The van der Waals surface area contributed by atoms with Gasteiger partial charge in [0.25, 0.3) is 0 Å². The molecule has 1 aromatic heterocycles. The smallest absolute Gasteiger partial charge is 0.315 e. The first-order valence-corrected chi connectivity index (χ1v) is 8.73. The van der Waals surface area contributed by atoms with Gasteiger partial charge in [-0.3, -0.25) is 9.78 Å².